The molecule has 128 valence electrons. The summed E-state index contributed by atoms with van der Waals surface area (Å²) in [5.74, 6) is -0.105. The van der Waals surface area contributed by atoms with E-state index in [0.29, 0.717) is 5.56 Å². The Morgan fingerprint density at radius 1 is 1.16 bits per heavy atom. The fraction of sp³-hybridized carbons (Fsp3) is 0.263. The van der Waals surface area contributed by atoms with Gasteiger partial charge in [0.2, 0.25) is 0 Å². The van der Waals surface area contributed by atoms with Crippen LogP contribution in [-0.2, 0) is 4.74 Å². The van der Waals surface area contributed by atoms with Gasteiger partial charge in [0.1, 0.15) is 0 Å². The summed E-state index contributed by atoms with van der Waals surface area (Å²) in [5.41, 5.74) is 3.54. The van der Waals surface area contributed by atoms with Crippen LogP contribution in [-0.4, -0.2) is 37.2 Å². The van der Waals surface area contributed by atoms with E-state index in [-0.39, 0.29) is 5.91 Å². The third-order valence-electron chi connectivity index (χ3n) is 4.23. The first kappa shape index (κ1) is 16.1. The van der Waals surface area contributed by atoms with Crippen LogP contribution in [0.1, 0.15) is 15.9 Å². The van der Waals surface area contributed by atoms with Crippen molar-refractivity contribution < 1.29 is 9.53 Å². The van der Waals surface area contributed by atoms with Gasteiger partial charge in [-0.05, 0) is 37.3 Å². The summed E-state index contributed by atoms with van der Waals surface area (Å²) in [6, 6.07) is 13.5. The molecule has 6 heteroatoms. The summed E-state index contributed by atoms with van der Waals surface area (Å²) in [5, 5.41) is 3.93. The molecule has 1 aliphatic heterocycles. The highest BCUT2D eigenvalue weighted by molar-refractivity contribution is 7.22. The molecule has 1 aliphatic rings. The first-order valence-electron chi connectivity index (χ1n) is 8.30. The number of amides is 1. The van der Waals surface area contributed by atoms with Crippen molar-refractivity contribution in [3.8, 4) is 0 Å². The molecule has 2 aromatic carbocycles. The van der Waals surface area contributed by atoms with Gasteiger partial charge in [-0.2, -0.15) is 0 Å². The van der Waals surface area contributed by atoms with Gasteiger partial charge >= 0.3 is 0 Å². The van der Waals surface area contributed by atoms with E-state index in [1.54, 1.807) is 11.3 Å². The number of hydrogen-bond acceptors (Lipinski definition) is 5. The average molecular weight is 353 g/mol. The maximum atomic E-state index is 12.5. The number of aromatic nitrogens is 1. The Labute approximate surface area is 150 Å². The van der Waals surface area contributed by atoms with Crippen LogP contribution in [0.5, 0.6) is 0 Å². The summed E-state index contributed by atoms with van der Waals surface area (Å²) in [7, 11) is 0. The Kier molecular flexibility index (Phi) is 4.38. The molecular weight excluding hydrogens is 334 g/mol. The molecule has 4 rings (SSSR count). The normalized spacial score (nSPS) is 14.7. The molecule has 0 unspecified atom stereocenters. The van der Waals surface area contributed by atoms with Crippen LogP contribution in [0, 0.1) is 6.92 Å². The molecule has 3 aromatic rings. The summed E-state index contributed by atoms with van der Waals surface area (Å²) in [4.78, 5) is 19.4. The Balaban J connectivity index is 1.55. The second-order valence-corrected chi connectivity index (χ2v) is 7.11. The molecule has 0 aliphatic carbocycles. The SMILES string of the molecule is Cc1ccc(NC(=O)c2ccc3nc(N4CCOCC4)sc3c2)cc1. The molecule has 0 spiro atoms. The zero-order valence-electron chi connectivity index (χ0n) is 14.0. The standard InChI is InChI=1S/C19H19N3O2S/c1-13-2-5-15(6-3-13)20-18(23)14-4-7-16-17(12-14)25-19(21-16)22-8-10-24-11-9-22/h2-7,12H,8-11H2,1H3,(H,20,23). The van der Waals surface area contributed by atoms with Crippen molar-refractivity contribution in [2.45, 2.75) is 6.92 Å². The number of nitrogens with one attached hydrogen (secondary N) is 1. The van der Waals surface area contributed by atoms with Gasteiger partial charge in [0.15, 0.2) is 5.13 Å². The molecule has 1 saturated heterocycles. The topological polar surface area (TPSA) is 54.5 Å². The molecule has 0 saturated carbocycles. The van der Waals surface area contributed by atoms with Crippen molar-refractivity contribution in [2.24, 2.45) is 0 Å². The zero-order valence-corrected chi connectivity index (χ0v) is 14.8. The highest BCUT2D eigenvalue weighted by Crippen LogP contribution is 2.30. The molecule has 0 atom stereocenters. The minimum Gasteiger partial charge on any atom is -0.378 e. The van der Waals surface area contributed by atoms with Gasteiger partial charge in [-0.1, -0.05) is 29.0 Å². The van der Waals surface area contributed by atoms with Crippen LogP contribution in [0.4, 0.5) is 10.8 Å². The lowest BCUT2D eigenvalue weighted by atomic mass is 10.2. The van der Waals surface area contributed by atoms with E-state index in [2.05, 4.69) is 15.2 Å². The summed E-state index contributed by atoms with van der Waals surface area (Å²) >= 11 is 1.62. The van der Waals surface area contributed by atoms with Crippen molar-refractivity contribution in [2.75, 3.05) is 36.5 Å². The van der Waals surface area contributed by atoms with Gasteiger partial charge in [-0.3, -0.25) is 4.79 Å². The van der Waals surface area contributed by atoms with Gasteiger partial charge in [-0.25, -0.2) is 4.98 Å². The van der Waals surface area contributed by atoms with Gasteiger partial charge < -0.3 is 15.0 Å². The predicted molar refractivity (Wildman–Crippen MR) is 102 cm³/mol. The van der Waals surface area contributed by atoms with Crippen LogP contribution in [0.15, 0.2) is 42.5 Å². The largest absolute Gasteiger partial charge is 0.378 e. The number of aryl methyl sites for hydroxylation is 1. The third kappa shape index (κ3) is 3.50. The second-order valence-electron chi connectivity index (χ2n) is 6.10. The van der Waals surface area contributed by atoms with E-state index in [1.165, 1.54) is 5.56 Å². The lowest BCUT2D eigenvalue weighted by Gasteiger charge is -2.25. The fourth-order valence-electron chi connectivity index (χ4n) is 2.78. The summed E-state index contributed by atoms with van der Waals surface area (Å²) < 4.78 is 6.42. The Hall–Kier alpha value is -2.44. The van der Waals surface area contributed by atoms with Crippen LogP contribution in [0.25, 0.3) is 10.2 Å². The van der Waals surface area contributed by atoms with E-state index in [9.17, 15) is 4.79 Å². The Morgan fingerprint density at radius 3 is 2.68 bits per heavy atom. The number of anilines is 2. The molecule has 25 heavy (non-hydrogen) atoms. The van der Waals surface area contributed by atoms with E-state index in [4.69, 9.17) is 4.74 Å². The van der Waals surface area contributed by atoms with Crippen molar-refractivity contribution >= 4 is 38.3 Å². The van der Waals surface area contributed by atoms with Crippen LogP contribution < -0.4 is 10.2 Å². The second kappa shape index (κ2) is 6.82. The van der Waals surface area contributed by atoms with Gasteiger partial charge in [0.25, 0.3) is 5.91 Å². The monoisotopic (exact) mass is 353 g/mol. The molecule has 5 nitrogen and oxygen atoms in total. The van der Waals surface area contributed by atoms with Crippen molar-refractivity contribution in [3.63, 3.8) is 0 Å². The number of fused-ring (bicyclic) bond motifs is 1. The lowest BCUT2D eigenvalue weighted by Crippen LogP contribution is -2.36. The smallest absolute Gasteiger partial charge is 0.255 e. The van der Waals surface area contributed by atoms with Crippen LogP contribution in [0.2, 0.25) is 0 Å². The average Bonchev–Trinajstić information content (AvgIpc) is 3.07. The van der Waals surface area contributed by atoms with Crippen molar-refractivity contribution in [1.29, 1.82) is 0 Å². The molecule has 1 N–H and O–H groups in total. The lowest BCUT2D eigenvalue weighted by molar-refractivity contribution is 0.102. The van der Waals surface area contributed by atoms with Crippen LogP contribution in [0.3, 0.4) is 0 Å². The first-order valence-corrected chi connectivity index (χ1v) is 9.12. The molecule has 2 heterocycles. The first-order chi connectivity index (χ1) is 12.2. The van der Waals surface area contributed by atoms with E-state index >= 15 is 0 Å². The highest BCUT2D eigenvalue weighted by Gasteiger charge is 2.16. The quantitative estimate of drug-likeness (QED) is 0.780. The van der Waals surface area contributed by atoms with E-state index < -0.39 is 0 Å². The molecule has 1 aromatic heterocycles. The van der Waals surface area contributed by atoms with E-state index in [0.717, 1.165) is 47.3 Å². The number of morpholine rings is 1. The number of nitrogens with zero attached hydrogens (tertiary/aromatic N) is 2. The number of carbonyl (C=O) groups excluding carboxylic acids is 1. The number of ether oxygens (including phenoxy) is 1. The number of carbonyl (C=O) groups is 1. The number of hydrogen-bond donors (Lipinski definition) is 1. The molecule has 1 amide bonds. The third-order valence-corrected chi connectivity index (χ3v) is 5.31. The van der Waals surface area contributed by atoms with Gasteiger partial charge in [0.05, 0.1) is 23.4 Å². The van der Waals surface area contributed by atoms with Gasteiger partial charge in [0, 0.05) is 24.3 Å². The molecule has 0 bridgehead atoms. The summed E-state index contributed by atoms with van der Waals surface area (Å²) in [6.45, 7) is 5.22. The van der Waals surface area contributed by atoms with Crippen molar-refractivity contribution in [1.82, 2.24) is 4.98 Å². The number of benzene rings is 2. The fourth-order valence-corrected chi connectivity index (χ4v) is 3.84. The predicted octanol–water partition coefficient (Wildman–Crippen LogP) is 3.69. The van der Waals surface area contributed by atoms with Crippen LogP contribution >= 0.6 is 11.3 Å². The maximum absolute atomic E-state index is 12.5. The molecular formula is C19H19N3O2S. The highest BCUT2D eigenvalue weighted by atomic mass is 32.1. The van der Waals surface area contributed by atoms with E-state index in [1.807, 2.05) is 49.4 Å². The van der Waals surface area contributed by atoms with Gasteiger partial charge in [-0.15, -0.1) is 0 Å². The minimum atomic E-state index is -0.105. The number of rotatable bonds is 3. The molecule has 1 fully saturated rings. The van der Waals surface area contributed by atoms with Crippen molar-refractivity contribution in [3.05, 3.63) is 53.6 Å². The number of thiazole rings is 1. The molecule has 0 radical (unpaired) electrons. The minimum absolute atomic E-state index is 0.105. The Morgan fingerprint density at radius 2 is 1.92 bits per heavy atom. The maximum Gasteiger partial charge on any atom is 0.255 e. The Bertz CT molecular complexity index is 899. The zero-order chi connectivity index (χ0) is 17.2. The summed E-state index contributed by atoms with van der Waals surface area (Å²) in [6.07, 6.45) is 0.